The van der Waals surface area contributed by atoms with Crippen molar-refractivity contribution in [3.8, 4) is 0 Å². The molecule has 44 valence electrons. The largest absolute Gasteiger partial charge is 0.330 e. The Bertz CT molecular complexity index is 116. The van der Waals surface area contributed by atoms with Gasteiger partial charge in [0.1, 0.15) is 0 Å². The molecule has 0 aromatic heterocycles. The van der Waals surface area contributed by atoms with Gasteiger partial charge in [0.2, 0.25) is 5.91 Å². The second-order valence-electron chi connectivity index (χ2n) is 1.21. The topological polar surface area (TPSA) is 29.1 Å². The van der Waals surface area contributed by atoms with E-state index in [1.54, 1.807) is 13.0 Å². The molecule has 0 aromatic rings. The number of nitrogens with one attached hydrogen (secondary N) is 1. The van der Waals surface area contributed by atoms with Crippen LogP contribution in [-0.4, -0.2) is 5.91 Å². The van der Waals surface area contributed by atoms with Crippen molar-refractivity contribution in [2.24, 2.45) is 0 Å². The van der Waals surface area contributed by atoms with E-state index in [4.69, 9.17) is 0 Å². The highest BCUT2D eigenvalue weighted by Gasteiger charge is 1.83. The second kappa shape index (κ2) is 4.12. The van der Waals surface area contributed by atoms with Gasteiger partial charge in [-0.15, -0.1) is 0 Å². The van der Waals surface area contributed by atoms with E-state index in [1.807, 2.05) is 0 Å². The number of carbonyl (C=O) groups is 1. The highest BCUT2D eigenvalue weighted by atomic mass is 16.1. The van der Waals surface area contributed by atoms with Crippen molar-refractivity contribution < 1.29 is 4.79 Å². The van der Waals surface area contributed by atoms with Gasteiger partial charge in [0.15, 0.2) is 0 Å². The summed E-state index contributed by atoms with van der Waals surface area (Å²) in [5.41, 5.74) is 0. The molecule has 0 heterocycles. The molecule has 2 nitrogen and oxygen atoms in total. The monoisotopic (exact) mass is 111 g/mol. The molecule has 0 aliphatic carbocycles. The number of allylic oxidation sites excluding steroid dienone is 1. The fourth-order valence-electron chi connectivity index (χ4n) is 0.300. The zero-order chi connectivity index (χ0) is 6.41. The van der Waals surface area contributed by atoms with Gasteiger partial charge < -0.3 is 5.32 Å². The van der Waals surface area contributed by atoms with Crippen LogP contribution in [0.1, 0.15) is 6.92 Å². The van der Waals surface area contributed by atoms with E-state index in [1.165, 1.54) is 12.3 Å². The Labute approximate surface area is 48.9 Å². The molecule has 0 fully saturated rings. The number of carbonyl (C=O) groups excluding carboxylic acids is 1. The minimum absolute atomic E-state index is 0.137. The quantitative estimate of drug-likeness (QED) is 0.525. The summed E-state index contributed by atoms with van der Waals surface area (Å²) in [4.78, 5) is 10.4. The summed E-state index contributed by atoms with van der Waals surface area (Å²) in [5.74, 6) is -0.137. The lowest BCUT2D eigenvalue weighted by Gasteiger charge is -1.86. The van der Waals surface area contributed by atoms with Crippen molar-refractivity contribution in [2.45, 2.75) is 6.92 Å². The zero-order valence-corrected chi connectivity index (χ0v) is 4.85. The van der Waals surface area contributed by atoms with Crippen LogP contribution in [0.5, 0.6) is 0 Å². The molecule has 2 heteroatoms. The predicted molar refractivity (Wildman–Crippen MR) is 33.2 cm³/mol. The van der Waals surface area contributed by atoms with Crippen LogP contribution in [0.25, 0.3) is 0 Å². The van der Waals surface area contributed by atoms with Crippen LogP contribution in [-0.2, 0) is 4.79 Å². The maximum absolute atomic E-state index is 10.4. The van der Waals surface area contributed by atoms with Gasteiger partial charge in [-0.05, 0) is 19.2 Å². The van der Waals surface area contributed by atoms with Crippen molar-refractivity contribution in [3.05, 3.63) is 24.9 Å². The number of hydrogen-bond donors (Lipinski definition) is 1. The Morgan fingerprint density at radius 2 is 2.38 bits per heavy atom. The van der Waals surface area contributed by atoms with E-state index in [0.29, 0.717) is 0 Å². The molecule has 0 bridgehead atoms. The first-order valence-electron chi connectivity index (χ1n) is 2.35. The van der Waals surface area contributed by atoms with Crippen LogP contribution >= 0.6 is 0 Å². The molecule has 1 N–H and O–H groups in total. The molecule has 0 radical (unpaired) electrons. The van der Waals surface area contributed by atoms with Crippen LogP contribution in [0, 0.1) is 0 Å². The molecule has 8 heavy (non-hydrogen) atoms. The van der Waals surface area contributed by atoms with Crippen LogP contribution in [0.15, 0.2) is 24.9 Å². The third-order valence-electron chi connectivity index (χ3n) is 0.562. The van der Waals surface area contributed by atoms with Crippen LogP contribution in [0.2, 0.25) is 0 Å². The normalized spacial score (nSPS) is 9.12. The summed E-state index contributed by atoms with van der Waals surface area (Å²) in [5, 5.41) is 2.38. The minimum atomic E-state index is -0.137. The molecule has 1 amide bonds. The van der Waals surface area contributed by atoms with Crippen molar-refractivity contribution in [1.29, 1.82) is 0 Å². The summed E-state index contributed by atoms with van der Waals surface area (Å²) >= 11 is 0. The molecule has 0 aliphatic rings. The molecule has 0 saturated carbocycles. The summed E-state index contributed by atoms with van der Waals surface area (Å²) in [6.07, 6.45) is 4.45. The van der Waals surface area contributed by atoms with Gasteiger partial charge in [-0.1, -0.05) is 12.7 Å². The van der Waals surface area contributed by atoms with Crippen LogP contribution in [0.3, 0.4) is 0 Å². The maximum Gasteiger partial charge on any atom is 0.247 e. The maximum atomic E-state index is 10.4. The van der Waals surface area contributed by atoms with E-state index in [9.17, 15) is 4.79 Å². The lowest BCUT2D eigenvalue weighted by atomic mass is 10.5. The Hall–Kier alpha value is -1.05. The van der Waals surface area contributed by atoms with E-state index >= 15 is 0 Å². The van der Waals surface area contributed by atoms with E-state index < -0.39 is 0 Å². The van der Waals surface area contributed by atoms with E-state index in [2.05, 4.69) is 11.9 Å². The number of rotatable bonds is 2. The van der Waals surface area contributed by atoms with Gasteiger partial charge in [-0.25, -0.2) is 0 Å². The van der Waals surface area contributed by atoms with Gasteiger partial charge in [-0.3, -0.25) is 4.79 Å². The number of hydrogen-bond acceptors (Lipinski definition) is 1. The minimum Gasteiger partial charge on any atom is -0.330 e. The van der Waals surface area contributed by atoms with Crippen molar-refractivity contribution in [1.82, 2.24) is 5.32 Å². The first-order valence-corrected chi connectivity index (χ1v) is 2.35. The Morgan fingerprint density at radius 1 is 1.75 bits per heavy atom. The van der Waals surface area contributed by atoms with Gasteiger partial charge >= 0.3 is 0 Å². The Balaban J connectivity index is 3.48. The molecule has 0 aliphatic heterocycles. The summed E-state index contributed by atoms with van der Waals surface area (Å²) in [7, 11) is 0. The number of amides is 1. The SMILES string of the molecule is C=CNC(=O)/C=C/C. The molecular formula is C6H9NO. The van der Waals surface area contributed by atoms with Gasteiger partial charge in [0.25, 0.3) is 0 Å². The molecule has 0 aromatic carbocycles. The average molecular weight is 111 g/mol. The lowest BCUT2D eigenvalue weighted by Crippen LogP contribution is -2.12. The first kappa shape index (κ1) is 6.95. The zero-order valence-electron chi connectivity index (χ0n) is 4.85. The Kier molecular flexibility index (Phi) is 3.58. The average Bonchev–Trinajstić information content (AvgIpc) is 1.68. The molecule has 0 atom stereocenters. The smallest absolute Gasteiger partial charge is 0.247 e. The van der Waals surface area contributed by atoms with Crippen LogP contribution in [0.4, 0.5) is 0 Å². The lowest BCUT2D eigenvalue weighted by molar-refractivity contribution is -0.115. The highest BCUT2D eigenvalue weighted by molar-refractivity contribution is 5.87. The van der Waals surface area contributed by atoms with Crippen molar-refractivity contribution >= 4 is 5.91 Å². The van der Waals surface area contributed by atoms with Crippen molar-refractivity contribution in [3.63, 3.8) is 0 Å². The molecule has 0 spiro atoms. The van der Waals surface area contributed by atoms with E-state index in [-0.39, 0.29) is 5.91 Å². The molecule has 0 saturated heterocycles. The third kappa shape index (κ3) is 3.15. The second-order valence-corrected chi connectivity index (χ2v) is 1.21. The van der Waals surface area contributed by atoms with Crippen molar-refractivity contribution in [2.75, 3.05) is 0 Å². The molecule has 0 rings (SSSR count). The standard InChI is InChI=1S/C6H9NO/c1-3-5-6(8)7-4-2/h3-5H,2H2,1H3,(H,7,8)/b5-3+. The molecule has 0 unspecified atom stereocenters. The van der Waals surface area contributed by atoms with Gasteiger partial charge in [0, 0.05) is 0 Å². The van der Waals surface area contributed by atoms with Crippen LogP contribution < -0.4 is 5.32 Å². The first-order chi connectivity index (χ1) is 3.81. The fraction of sp³-hybridized carbons (Fsp3) is 0.167. The summed E-state index contributed by atoms with van der Waals surface area (Å²) < 4.78 is 0. The Morgan fingerprint density at radius 3 is 2.75 bits per heavy atom. The third-order valence-corrected chi connectivity index (χ3v) is 0.562. The van der Waals surface area contributed by atoms with Gasteiger partial charge in [0.05, 0.1) is 0 Å². The summed E-state index contributed by atoms with van der Waals surface area (Å²) in [6.45, 7) is 5.10. The molecular weight excluding hydrogens is 102 g/mol. The predicted octanol–water partition coefficient (Wildman–Crippen LogP) is 0.822. The fourth-order valence-corrected chi connectivity index (χ4v) is 0.300. The highest BCUT2D eigenvalue weighted by Crippen LogP contribution is 1.69. The van der Waals surface area contributed by atoms with Gasteiger partial charge in [-0.2, -0.15) is 0 Å². The summed E-state index contributed by atoms with van der Waals surface area (Å²) in [6, 6.07) is 0. The van der Waals surface area contributed by atoms with E-state index in [0.717, 1.165) is 0 Å².